The number of amides is 2. The molecule has 0 aliphatic rings. The third-order valence-electron chi connectivity index (χ3n) is 4.40. The number of benzene rings is 2. The number of hydrogen-bond acceptors (Lipinski definition) is 5. The van der Waals surface area contributed by atoms with E-state index >= 15 is 0 Å². The number of aromatic nitrogens is 1. The highest BCUT2D eigenvalue weighted by atomic mass is 32.2. The predicted octanol–water partition coefficient (Wildman–Crippen LogP) is 4.00. The molecule has 0 bridgehead atoms. The number of nitrogens with one attached hydrogen (secondary N) is 2. The quantitative estimate of drug-likeness (QED) is 0.473. The maximum Gasteiger partial charge on any atom is 0.257 e. The summed E-state index contributed by atoms with van der Waals surface area (Å²) in [6.45, 7) is 6.50. The van der Waals surface area contributed by atoms with E-state index in [0.717, 1.165) is 11.1 Å². The SMILES string of the molecule is CC(C)(C)c1ccc(CCC(=O)NNC(=O)CSc2nc3ccccc3o2)cc1. The van der Waals surface area contributed by atoms with Gasteiger partial charge in [0.2, 0.25) is 11.8 Å². The molecule has 0 fully saturated rings. The molecule has 0 unspecified atom stereocenters. The summed E-state index contributed by atoms with van der Waals surface area (Å²) < 4.78 is 5.55. The topological polar surface area (TPSA) is 84.2 Å². The van der Waals surface area contributed by atoms with E-state index in [0.29, 0.717) is 23.6 Å². The van der Waals surface area contributed by atoms with E-state index in [2.05, 4.69) is 48.7 Å². The lowest BCUT2D eigenvalue weighted by molar-refractivity contribution is -0.127. The summed E-state index contributed by atoms with van der Waals surface area (Å²) in [6.07, 6.45) is 0.914. The molecular weight excluding hydrogens is 386 g/mol. The van der Waals surface area contributed by atoms with Crippen LogP contribution in [0.1, 0.15) is 38.3 Å². The van der Waals surface area contributed by atoms with Gasteiger partial charge >= 0.3 is 0 Å². The molecule has 0 spiro atoms. The highest BCUT2D eigenvalue weighted by Gasteiger charge is 2.13. The summed E-state index contributed by atoms with van der Waals surface area (Å²) in [6, 6.07) is 15.7. The number of hydrazine groups is 1. The van der Waals surface area contributed by atoms with Crippen LogP contribution in [0.2, 0.25) is 0 Å². The molecule has 6 nitrogen and oxygen atoms in total. The summed E-state index contributed by atoms with van der Waals surface area (Å²) in [7, 11) is 0. The van der Waals surface area contributed by atoms with Crippen LogP contribution >= 0.6 is 11.8 Å². The van der Waals surface area contributed by atoms with E-state index in [1.54, 1.807) is 0 Å². The third kappa shape index (κ3) is 6.09. The Labute approximate surface area is 174 Å². The molecule has 29 heavy (non-hydrogen) atoms. The summed E-state index contributed by atoms with van der Waals surface area (Å²) in [5.41, 5.74) is 8.76. The number of nitrogens with zero attached hydrogens (tertiary/aromatic N) is 1. The van der Waals surface area contributed by atoms with E-state index < -0.39 is 0 Å². The van der Waals surface area contributed by atoms with Crippen LogP contribution in [0.15, 0.2) is 58.2 Å². The molecule has 0 radical (unpaired) electrons. The zero-order valence-electron chi connectivity index (χ0n) is 16.8. The minimum absolute atomic E-state index is 0.0986. The van der Waals surface area contributed by atoms with Crippen molar-refractivity contribution in [1.29, 1.82) is 0 Å². The molecule has 152 valence electrons. The largest absolute Gasteiger partial charge is 0.431 e. The van der Waals surface area contributed by atoms with Gasteiger partial charge in [0.05, 0.1) is 5.75 Å². The summed E-state index contributed by atoms with van der Waals surface area (Å²) in [4.78, 5) is 28.2. The Hall–Kier alpha value is -2.80. The Morgan fingerprint density at radius 2 is 1.69 bits per heavy atom. The van der Waals surface area contributed by atoms with Crippen LogP contribution in [-0.4, -0.2) is 22.6 Å². The second-order valence-corrected chi connectivity index (χ2v) is 8.71. The molecule has 0 atom stereocenters. The number of fused-ring (bicyclic) bond motifs is 1. The molecule has 0 aliphatic heterocycles. The van der Waals surface area contributed by atoms with Gasteiger partial charge in [-0.1, -0.05) is 68.9 Å². The van der Waals surface area contributed by atoms with Crippen molar-refractivity contribution in [3.05, 3.63) is 59.7 Å². The lowest BCUT2D eigenvalue weighted by Crippen LogP contribution is -2.42. The van der Waals surface area contributed by atoms with E-state index in [-0.39, 0.29) is 23.0 Å². The van der Waals surface area contributed by atoms with Gasteiger partial charge in [-0.3, -0.25) is 20.4 Å². The lowest BCUT2D eigenvalue weighted by atomic mass is 9.86. The van der Waals surface area contributed by atoms with Crippen molar-refractivity contribution in [3.63, 3.8) is 0 Å². The number of carbonyl (C=O) groups is 2. The third-order valence-corrected chi connectivity index (χ3v) is 5.23. The fraction of sp³-hybridized carbons (Fsp3) is 0.318. The molecule has 0 saturated heterocycles. The Morgan fingerprint density at radius 1 is 1.00 bits per heavy atom. The van der Waals surface area contributed by atoms with Crippen molar-refractivity contribution in [3.8, 4) is 0 Å². The number of thioether (sulfide) groups is 1. The number of oxazole rings is 1. The van der Waals surface area contributed by atoms with Crippen LogP contribution in [0.5, 0.6) is 0 Å². The molecule has 7 heteroatoms. The second kappa shape index (κ2) is 9.13. The van der Waals surface area contributed by atoms with Crippen molar-refractivity contribution >= 4 is 34.7 Å². The summed E-state index contributed by atoms with van der Waals surface area (Å²) in [5, 5.41) is 0.423. The van der Waals surface area contributed by atoms with E-state index in [9.17, 15) is 9.59 Å². The first-order chi connectivity index (χ1) is 13.8. The highest BCUT2D eigenvalue weighted by Crippen LogP contribution is 2.23. The van der Waals surface area contributed by atoms with Crippen molar-refractivity contribution in [1.82, 2.24) is 15.8 Å². The van der Waals surface area contributed by atoms with Gasteiger partial charge in [0.1, 0.15) is 5.52 Å². The molecule has 2 aromatic carbocycles. The fourth-order valence-electron chi connectivity index (χ4n) is 2.71. The van der Waals surface area contributed by atoms with Gasteiger partial charge in [-0.15, -0.1) is 0 Å². The molecule has 0 saturated carbocycles. The normalized spacial score (nSPS) is 11.4. The molecule has 1 aromatic heterocycles. The minimum Gasteiger partial charge on any atom is -0.431 e. The Bertz CT molecular complexity index is 957. The van der Waals surface area contributed by atoms with E-state index in [4.69, 9.17) is 4.42 Å². The smallest absolute Gasteiger partial charge is 0.257 e. The van der Waals surface area contributed by atoms with Crippen LogP contribution in [-0.2, 0) is 21.4 Å². The Balaban J connectivity index is 1.38. The van der Waals surface area contributed by atoms with Crippen LogP contribution < -0.4 is 10.9 Å². The van der Waals surface area contributed by atoms with Gasteiger partial charge in [0, 0.05) is 6.42 Å². The van der Waals surface area contributed by atoms with E-state index in [1.165, 1.54) is 17.3 Å². The van der Waals surface area contributed by atoms with E-state index in [1.807, 2.05) is 36.4 Å². The lowest BCUT2D eigenvalue weighted by Gasteiger charge is -2.19. The fourth-order valence-corrected chi connectivity index (χ4v) is 3.35. The van der Waals surface area contributed by atoms with Crippen molar-refractivity contribution in [2.75, 3.05) is 5.75 Å². The van der Waals surface area contributed by atoms with Gasteiger partial charge in [-0.25, -0.2) is 4.98 Å². The molecule has 2 N–H and O–H groups in total. The minimum atomic E-state index is -0.319. The second-order valence-electron chi connectivity index (χ2n) is 7.78. The van der Waals surface area contributed by atoms with Crippen molar-refractivity contribution < 1.29 is 14.0 Å². The first kappa shape index (κ1) is 20.9. The van der Waals surface area contributed by atoms with Crippen molar-refractivity contribution in [2.45, 2.75) is 44.3 Å². The number of para-hydroxylation sites is 2. The first-order valence-corrected chi connectivity index (χ1v) is 10.5. The van der Waals surface area contributed by atoms with Crippen LogP contribution in [0, 0.1) is 0 Å². The standard InChI is InChI=1S/C22H25N3O3S/c1-22(2,3)16-11-8-15(9-12-16)10-13-19(26)24-25-20(27)14-29-21-23-17-6-4-5-7-18(17)28-21/h4-9,11-12H,10,13-14H2,1-3H3,(H,24,26)(H,25,27). The molecule has 3 aromatic rings. The molecule has 2 amide bonds. The van der Waals surface area contributed by atoms with Gasteiger partial charge < -0.3 is 4.42 Å². The molecule has 3 rings (SSSR count). The average Bonchev–Trinajstić information content (AvgIpc) is 3.12. The zero-order valence-corrected chi connectivity index (χ0v) is 17.6. The van der Waals surface area contributed by atoms with Crippen LogP contribution in [0.4, 0.5) is 0 Å². The number of hydrogen-bond donors (Lipinski definition) is 2. The van der Waals surface area contributed by atoms with Gasteiger partial charge in [-0.05, 0) is 35.1 Å². The first-order valence-electron chi connectivity index (χ1n) is 9.47. The number of carbonyl (C=O) groups excluding carboxylic acids is 2. The van der Waals surface area contributed by atoms with Gasteiger partial charge in [0.25, 0.3) is 5.22 Å². The summed E-state index contributed by atoms with van der Waals surface area (Å²) in [5.74, 6) is -0.452. The molecule has 0 aliphatic carbocycles. The monoisotopic (exact) mass is 411 g/mol. The van der Waals surface area contributed by atoms with Gasteiger partial charge in [0.15, 0.2) is 5.58 Å². The van der Waals surface area contributed by atoms with Gasteiger partial charge in [-0.2, -0.15) is 0 Å². The molecular formula is C22H25N3O3S. The summed E-state index contributed by atoms with van der Waals surface area (Å²) >= 11 is 1.18. The maximum absolute atomic E-state index is 12.0. The predicted molar refractivity (Wildman–Crippen MR) is 114 cm³/mol. The highest BCUT2D eigenvalue weighted by molar-refractivity contribution is 7.99. The zero-order chi connectivity index (χ0) is 20.9. The van der Waals surface area contributed by atoms with Crippen LogP contribution in [0.3, 0.4) is 0 Å². The molecule has 1 heterocycles. The Kier molecular flexibility index (Phi) is 6.59. The average molecular weight is 412 g/mol. The number of rotatable bonds is 6. The van der Waals surface area contributed by atoms with Crippen LogP contribution in [0.25, 0.3) is 11.1 Å². The Morgan fingerprint density at radius 3 is 2.38 bits per heavy atom. The van der Waals surface area contributed by atoms with Crippen molar-refractivity contribution in [2.24, 2.45) is 0 Å². The number of aryl methyl sites for hydroxylation is 1. The maximum atomic E-state index is 12.0.